The summed E-state index contributed by atoms with van der Waals surface area (Å²) in [7, 11) is 0. The van der Waals surface area contributed by atoms with Gasteiger partial charge in [0.1, 0.15) is 11.5 Å². The molecule has 2 rings (SSSR count). The lowest BCUT2D eigenvalue weighted by Crippen LogP contribution is -2.04. The lowest BCUT2D eigenvalue weighted by molar-refractivity contribution is -0.113. The summed E-state index contributed by atoms with van der Waals surface area (Å²) >= 11 is 0. The molecule has 0 aromatic heterocycles. The van der Waals surface area contributed by atoms with Crippen LogP contribution < -0.4 is 0 Å². The maximum absolute atomic E-state index is 11.3. The Balaban J connectivity index is 2.56. The molecule has 0 spiro atoms. The number of carbonyl (C=O) groups excluding carboxylic acids is 1. The third-order valence-corrected chi connectivity index (χ3v) is 2.61. The number of aromatic hydroxyl groups is 1. The van der Waals surface area contributed by atoms with E-state index in [1.54, 1.807) is 0 Å². The average molecular weight is 246 g/mol. The summed E-state index contributed by atoms with van der Waals surface area (Å²) in [6, 6.07) is 3.67. The number of ketones is 1. The molecule has 0 radical (unpaired) electrons. The van der Waals surface area contributed by atoms with E-state index in [0.29, 0.717) is 0 Å². The van der Waals surface area contributed by atoms with E-state index in [9.17, 15) is 19.8 Å². The second-order valence-electron chi connectivity index (χ2n) is 3.85. The molecule has 0 fully saturated rings. The second-order valence-corrected chi connectivity index (χ2v) is 3.85. The Labute approximate surface area is 102 Å². The summed E-state index contributed by atoms with van der Waals surface area (Å²) in [5.74, 6) is -1.71. The van der Waals surface area contributed by atoms with Gasteiger partial charge in [-0.3, -0.25) is 4.79 Å². The van der Waals surface area contributed by atoms with Crippen molar-refractivity contribution in [2.75, 3.05) is 0 Å². The van der Waals surface area contributed by atoms with Gasteiger partial charge in [-0.2, -0.15) is 0 Å². The van der Waals surface area contributed by atoms with E-state index in [2.05, 4.69) is 0 Å². The number of aromatic carboxylic acids is 1. The fourth-order valence-corrected chi connectivity index (χ4v) is 1.70. The van der Waals surface area contributed by atoms with Crippen LogP contribution in [0.4, 0.5) is 0 Å². The molecule has 0 aliphatic heterocycles. The van der Waals surface area contributed by atoms with Crippen LogP contribution in [0.15, 0.2) is 36.1 Å². The topological polar surface area (TPSA) is 94.8 Å². The van der Waals surface area contributed by atoms with Crippen molar-refractivity contribution in [2.24, 2.45) is 0 Å². The molecule has 0 saturated heterocycles. The predicted octanol–water partition coefficient (Wildman–Crippen LogP) is 1.89. The van der Waals surface area contributed by atoms with Gasteiger partial charge >= 0.3 is 5.97 Å². The second kappa shape index (κ2) is 4.37. The molecule has 3 N–H and O–H groups in total. The fraction of sp³-hybridized carbons (Fsp3) is 0.0769. The SMILES string of the molecule is O=C1C=C(c2cc(C(=O)O)ccc2O)C(O)=CC1. The third kappa shape index (κ3) is 2.10. The standard InChI is InChI=1S/C13H10O5/c14-8-2-4-12(16)10(6-8)9-5-7(13(17)18)1-3-11(9)15/h1,3-6,15-16H,2H2,(H,17,18). The summed E-state index contributed by atoms with van der Waals surface area (Å²) in [5, 5.41) is 28.2. The number of benzene rings is 1. The van der Waals surface area contributed by atoms with Gasteiger partial charge in [0.25, 0.3) is 0 Å². The molecule has 0 saturated carbocycles. The van der Waals surface area contributed by atoms with Crippen LogP contribution in [0, 0.1) is 0 Å². The number of hydrogen-bond donors (Lipinski definition) is 3. The largest absolute Gasteiger partial charge is 0.508 e. The molecule has 18 heavy (non-hydrogen) atoms. The Kier molecular flexibility index (Phi) is 2.89. The number of aliphatic hydroxyl groups excluding tert-OH is 1. The zero-order valence-electron chi connectivity index (χ0n) is 9.25. The van der Waals surface area contributed by atoms with Crippen molar-refractivity contribution in [1.29, 1.82) is 0 Å². The van der Waals surface area contributed by atoms with Crippen LogP contribution in [0.25, 0.3) is 5.57 Å². The first-order chi connectivity index (χ1) is 8.49. The van der Waals surface area contributed by atoms with Crippen molar-refractivity contribution in [3.8, 4) is 5.75 Å². The van der Waals surface area contributed by atoms with Crippen molar-refractivity contribution >= 4 is 17.3 Å². The van der Waals surface area contributed by atoms with Crippen molar-refractivity contribution in [3.05, 3.63) is 47.2 Å². The van der Waals surface area contributed by atoms with Crippen LogP contribution in [0.3, 0.4) is 0 Å². The number of allylic oxidation sites excluding steroid dienone is 3. The van der Waals surface area contributed by atoms with Crippen LogP contribution in [0.1, 0.15) is 22.3 Å². The first-order valence-electron chi connectivity index (χ1n) is 5.19. The fourth-order valence-electron chi connectivity index (χ4n) is 1.70. The smallest absolute Gasteiger partial charge is 0.335 e. The highest BCUT2D eigenvalue weighted by molar-refractivity contribution is 6.04. The third-order valence-electron chi connectivity index (χ3n) is 2.61. The zero-order valence-corrected chi connectivity index (χ0v) is 9.25. The van der Waals surface area contributed by atoms with Gasteiger partial charge in [0, 0.05) is 17.6 Å². The number of hydrogen-bond acceptors (Lipinski definition) is 4. The highest BCUT2D eigenvalue weighted by Gasteiger charge is 2.18. The lowest BCUT2D eigenvalue weighted by atomic mass is 9.95. The minimum Gasteiger partial charge on any atom is -0.508 e. The van der Waals surface area contributed by atoms with Crippen molar-refractivity contribution in [2.45, 2.75) is 6.42 Å². The van der Waals surface area contributed by atoms with Crippen LogP contribution in [-0.2, 0) is 4.79 Å². The normalized spacial score (nSPS) is 15.0. The summed E-state index contributed by atoms with van der Waals surface area (Å²) in [5.41, 5.74) is 0.220. The van der Waals surface area contributed by atoms with Crippen LogP contribution in [0.2, 0.25) is 0 Å². The molecular weight excluding hydrogens is 236 g/mol. The van der Waals surface area contributed by atoms with Crippen LogP contribution in [-0.4, -0.2) is 27.1 Å². The van der Waals surface area contributed by atoms with E-state index in [4.69, 9.17) is 5.11 Å². The molecule has 5 nitrogen and oxygen atoms in total. The molecule has 0 atom stereocenters. The number of aliphatic hydroxyl groups is 1. The minimum atomic E-state index is -1.15. The Bertz CT molecular complexity index is 595. The lowest BCUT2D eigenvalue weighted by Gasteiger charge is -2.13. The van der Waals surface area contributed by atoms with Gasteiger partial charge < -0.3 is 15.3 Å². The molecule has 0 amide bonds. The number of rotatable bonds is 2. The van der Waals surface area contributed by atoms with Gasteiger partial charge in [-0.15, -0.1) is 0 Å². The molecule has 0 bridgehead atoms. The minimum absolute atomic E-state index is 0.0328. The van der Waals surface area contributed by atoms with Gasteiger partial charge in [0.05, 0.1) is 5.56 Å². The molecule has 1 aromatic rings. The van der Waals surface area contributed by atoms with Gasteiger partial charge in [0.15, 0.2) is 5.78 Å². The number of phenols is 1. The molecule has 0 unspecified atom stereocenters. The van der Waals surface area contributed by atoms with Gasteiger partial charge in [-0.25, -0.2) is 4.79 Å². The van der Waals surface area contributed by atoms with E-state index < -0.39 is 5.97 Å². The Morgan fingerprint density at radius 1 is 1.22 bits per heavy atom. The maximum atomic E-state index is 11.3. The number of carbonyl (C=O) groups is 2. The highest BCUT2D eigenvalue weighted by atomic mass is 16.4. The van der Waals surface area contributed by atoms with Gasteiger partial charge in [0.2, 0.25) is 0 Å². The molecule has 5 heteroatoms. The quantitative estimate of drug-likeness (QED) is 0.740. The van der Waals surface area contributed by atoms with Gasteiger partial charge in [-0.05, 0) is 30.4 Å². The Morgan fingerprint density at radius 2 is 1.94 bits per heavy atom. The Hall–Kier alpha value is -2.56. The number of carboxylic acid groups (broad SMARTS) is 1. The predicted molar refractivity (Wildman–Crippen MR) is 63.4 cm³/mol. The molecule has 1 aliphatic rings. The van der Waals surface area contributed by atoms with Crippen molar-refractivity contribution < 1.29 is 24.9 Å². The molecule has 1 aromatic carbocycles. The summed E-state index contributed by atoms with van der Waals surface area (Å²) in [4.78, 5) is 22.1. The van der Waals surface area contributed by atoms with E-state index in [-0.39, 0.29) is 40.4 Å². The highest BCUT2D eigenvalue weighted by Crippen LogP contribution is 2.32. The van der Waals surface area contributed by atoms with Gasteiger partial charge in [-0.1, -0.05) is 0 Å². The summed E-state index contributed by atoms with van der Waals surface area (Å²) in [6.07, 6.45) is 2.61. The number of phenolic OH excluding ortho intramolecular Hbond substituents is 1. The molecule has 92 valence electrons. The van der Waals surface area contributed by atoms with E-state index in [0.717, 1.165) is 0 Å². The first kappa shape index (κ1) is 11.9. The molecule has 0 heterocycles. The zero-order chi connectivity index (χ0) is 13.3. The van der Waals surface area contributed by atoms with Crippen molar-refractivity contribution in [1.82, 2.24) is 0 Å². The maximum Gasteiger partial charge on any atom is 0.335 e. The molecule has 1 aliphatic carbocycles. The van der Waals surface area contributed by atoms with E-state index in [1.807, 2.05) is 0 Å². The van der Waals surface area contributed by atoms with E-state index in [1.165, 1.54) is 30.4 Å². The molecular formula is C13H10O5. The summed E-state index contributed by atoms with van der Waals surface area (Å²) < 4.78 is 0. The number of carboxylic acids is 1. The van der Waals surface area contributed by atoms with E-state index >= 15 is 0 Å². The van der Waals surface area contributed by atoms with Crippen LogP contribution in [0.5, 0.6) is 5.75 Å². The van der Waals surface area contributed by atoms with Crippen molar-refractivity contribution in [3.63, 3.8) is 0 Å². The van der Waals surface area contributed by atoms with Crippen LogP contribution >= 0.6 is 0 Å². The average Bonchev–Trinajstić information content (AvgIpc) is 2.33. The first-order valence-corrected chi connectivity index (χ1v) is 5.19. The summed E-state index contributed by atoms with van der Waals surface area (Å²) in [6.45, 7) is 0. The monoisotopic (exact) mass is 246 g/mol. The Morgan fingerprint density at radius 3 is 2.61 bits per heavy atom.